The van der Waals surface area contributed by atoms with E-state index in [1.807, 2.05) is 0 Å². The Labute approximate surface area is 87.5 Å². The largest absolute Gasteiger partial charge is 0.494 e. The first-order valence-electron chi connectivity index (χ1n) is 4.47. The molecule has 1 aromatic carbocycles. The van der Waals surface area contributed by atoms with Gasteiger partial charge < -0.3 is 9.84 Å². The molecule has 0 amide bonds. The van der Waals surface area contributed by atoms with Crippen LogP contribution < -0.4 is 4.74 Å². The predicted octanol–water partition coefficient (Wildman–Crippen LogP) is 1.79. The van der Waals surface area contributed by atoms with Gasteiger partial charge in [0.25, 0.3) is 0 Å². The van der Waals surface area contributed by atoms with Crippen LogP contribution in [0.3, 0.4) is 0 Å². The lowest BCUT2D eigenvalue weighted by molar-refractivity contribution is 0.0483. The number of Topliss-reactive ketones (excluding diaryl/α,β-unsaturated/α-hetero) is 1. The van der Waals surface area contributed by atoms with E-state index >= 15 is 0 Å². The van der Waals surface area contributed by atoms with Gasteiger partial charge in [-0.1, -0.05) is 6.07 Å². The molecule has 82 valence electrons. The van der Waals surface area contributed by atoms with Gasteiger partial charge in [-0.2, -0.15) is 0 Å². The molecule has 15 heavy (non-hydrogen) atoms. The quantitative estimate of drug-likeness (QED) is 0.777. The fraction of sp³-hybridized carbons (Fsp3) is 0.364. The maximum atomic E-state index is 13.6. The number of hydrogen-bond acceptors (Lipinski definition) is 3. The minimum absolute atomic E-state index is 0.00917. The average molecular weight is 212 g/mol. The zero-order valence-electron chi connectivity index (χ0n) is 8.87. The van der Waals surface area contributed by atoms with Crippen LogP contribution in [0.15, 0.2) is 18.2 Å². The van der Waals surface area contributed by atoms with E-state index in [0.717, 1.165) is 0 Å². The molecule has 3 nitrogen and oxygen atoms in total. The maximum absolute atomic E-state index is 13.6. The molecule has 0 aliphatic heterocycles. The van der Waals surface area contributed by atoms with Crippen LogP contribution in [0.4, 0.5) is 4.39 Å². The first kappa shape index (κ1) is 11.7. The standard InChI is InChI=1S/C11H13FO3/c1-11(2,14)10(13)7-5-4-6-8(15-3)9(7)12/h4-6,14H,1-3H3. The molecule has 0 spiro atoms. The van der Waals surface area contributed by atoms with Gasteiger partial charge >= 0.3 is 0 Å². The summed E-state index contributed by atoms with van der Waals surface area (Å²) in [5.41, 5.74) is -1.76. The second kappa shape index (κ2) is 3.98. The third-order valence-electron chi connectivity index (χ3n) is 1.98. The molecule has 4 heteroatoms. The lowest BCUT2D eigenvalue weighted by atomic mass is 9.96. The Hall–Kier alpha value is -1.42. The smallest absolute Gasteiger partial charge is 0.196 e. The summed E-state index contributed by atoms with van der Waals surface area (Å²) in [5.74, 6) is -1.42. The Kier molecular flexibility index (Phi) is 3.09. The third-order valence-corrected chi connectivity index (χ3v) is 1.98. The Bertz CT molecular complexity index is 380. The second-order valence-corrected chi connectivity index (χ2v) is 3.71. The lowest BCUT2D eigenvalue weighted by Crippen LogP contribution is -2.31. The van der Waals surface area contributed by atoms with Gasteiger partial charge in [-0.15, -0.1) is 0 Å². The number of carbonyl (C=O) groups is 1. The van der Waals surface area contributed by atoms with E-state index in [9.17, 15) is 14.3 Å². The normalized spacial score (nSPS) is 11.3. The van der Waals surface area contributed by atoms with E-state index in [0.29, 0.717) is 0 Å². The van der Waals surface area contributed by atoms with Gasteiger partial charge in [-0.3, -0.25) is 4.79 Å². The van der Waals surface area contributed by atoms with Crippen LogP contribution in [0.25, 0.3) is 0 Å². The number of rotatable bonds is 3. The van der Waals surface area contributed by atoms with Crippen LogP contribution in [0.5, 0.6) is 5.75 Å². The molecular formula is C11H13FO3. The Balaban J connectivity index is 3.22. The summed E-state index contributed by atoms with van der Waals surface area (Å²) in [6.07, 6.45) is 0. The van der Waals surface area contributed by atoms with E-state index in [1.54, 1.807) is 0 Å². The van der Waals surface area contributed by atoms with Crippen molar-refractivity contribution in [3.8, 4) is 5.75 Å². The number of benzene rings is 1. The highest BCUT2D eigenvalue weighted by molar-refractivity contribution is 6.02. The molecule has 0 aromatic heterocycles. The molecule has 0 heterocycles. The van der Waals surface area contributed by atoms with Crippen molar-refractivity contribution in [3.63, 3.8) is 0 Å². The number of ether oxygens (including phenoxy) is 1. The topological polar surface area (TPSA) is 46.5 Å². The second-order valence-electron chi connectivity index (χ2n) is 3.71. The highest BCUT2D eigenvalue weighted by Crippen LogP contribution is 2.23. The number of carbonyl (C=O) groups excluding carboxylic acids is 1. The number of halogens is 1. The first-order valence-corrected chi connectivity index (χ1v) is 4.47. The maximum Gasteiger partial charge on any atom is 0.196 e. The number of aliphatic hydroxyl groups is 1. The van der Waals surface area contributed by atoms with Gasteiger partial charge in [0.15, 0.2) is 17.3 Å². The highest BCUT2D eigenvalue weighted by atomic mass is 19.1. The molecule has 0 fully saturated rings. The third kappa shape index (κ3) is 2.33. The summed E-state index contributed by atoms with van der Waals surface area (Å²) in [6.45, 7) is 2.63. The zero-order valence-corrected chi connectivity index (χ0v) is 8.87. The molecule has 0 atom stereocenters. The van der Waals surface area contributed by atoms with Crippen molar-refractivity contribution < 1.29 is 19.0 Å². The monoisotopic (exact) mass is 212 g/mol. The Morgan fingerprint density at radius 2 is 2.07 bits per heavy atom. The van der Waals surface area contributed by atoms with Crippen LogP contribution in [-0.4, -0.2) is 23.6 Å². The van der Waals surface area contributed by atoms with Gasteiger partial charge in [0.2, 0.25) is 0 Å². The highest BCUT2D eigenvalue weighted by Gasteiger charge is 2.28. The molecule has 0 aliphatic carbocycles. The van der Waals surface area contributed by atoms with E-state index in [-0.39, 0.29) is 11.3 Å². The summed E-state index contributed by atoms with van der Waals surface area (Å²) >= 11 is 0. The molecule has 0 aliphatic rings. The van der Waals surface area contributed by atoms with E-state index < -0.39 is 17.2 Å². The van der Waals surface area contributed by atoms with E-state index in [2.05, 4.69) is 0 Å². The van der Waals surface area contributed by atoms with Crippen molar-refractivity contribution in [3.05, 3.63) is 29.6 Å². The van der Waals surface area contributed by atoms with Crippen molar-refractivity contribution >= 4 is 5.78 Å². The van der Waals surface area contributed by atoms with Crippen molar-refractivity contribution in [2.75, 3.05) is 7.11 Å². The fourth-order valence-corrected chi connectivity index (χ4v) is 1.17. The van der Waals surface area contributed by atoms with E-state index in [1.165, 1.54) is 39.2 Å². The first-order chi connectivity index (χ1) is 6.88. The van der Waals surface area contributed by atoms with Gasteiger partial charge in [-0.25, -0.2) is 4.39 Å². The molecule has 0 radical (unpaired) electrons. The molecule has 0 saturated heterocycles. The molecule has 0 saturated carbocycles. The number of hydrogen-bond donors (Lipinski definition) is 1. The number of ketones is 1. The van der Waals surface area contributed by atoms with Crippen molar-refractivity contribution in [1.82, 2.24) is 0 Å². The lowest BCUT2D eigenvalue weighted by Gasteiger charge is -2.16. The van der Waals surface area contributed by atoms with Crippen molar-refractivity contribution in [1.29, 1.82) is 0 Å². The molecular weight excluding hydrogens is 199 g/mol. The van der Waals surface area contributed by atoms with Crippen LogP contribution in [0, 0.1) is 5.82 Å². The Morgan fingerprint density at radius 3 is 2.53 bits per heavy atom. The van der Waals surface area contributed by atoms with Crippen LogP contribution >= 0.6 is 0 Å². The SMILES string of the molecule is COc1cccc(C(=O)C(C)(C)O)c1F. The van der Waals surface area contributed by atoms with Crippen molar-refractivity contribution in [2.45, 2.75) is 19.4 Å². The minimum atomic E-state index is -1.59. The molecule has 0 bridgehead atoms. The summed E-state index contributed by atoms with van der Waals surface area (Å²) in [6, 6.07) is 4.23. The number of methoxy groups -OCH3 is 1. The molecule has 1 aromatic rings. The minimum Gasteiger partial charge on any atom is -0.494 e. The molecule has 1 N–H and O–H groups in total. The predicted molar refractivity (Wildman–Crippen MR) is 53.6 cm³/mol. The van der Waals surface area contributed by atoms with E-state index in [4.69, 9.17) is 4.74 Å². The molecule has 1 rings (SSSR count). The summed E-state index contributed by atoms with van der Waals surface area (Å²) in [5, 5.41) is 9.47. The fourth-order valence-electron chi connectivity index (χ4n) is 1.17. The average Bonchev–Trinajstić information content (AvgIpc) is 2.16. The van der Waals surface area contributed by atoms with Gasteiger partial charge in [-0.05, 0) is 26.0 Å². The summed E-state index contributed by atoms with van der Waals surface area (Å²) < 4.78 is 18.3. The van der Waals surface area contributed by atoms with Crippen LogP contribution in [0.1, 0.15) is 24.2 Å². The van der Waals surface area contributed by atoms with Gasteiger partial charge in [0.05, 0.1) is 12.7 Å². The Morgan fingerprint density at radius 1 is 1.47 bits per heavy atom. The zero-order chi connectivity index (χ0) is 11.6. The van der Waals surface area contributed by atoms with Gasteiger partial charge in [0, 0.05) is 0 Å². The van der Waals surface area contributed by atoms with Crippen LogP contribution in [-0.2, 0) is 0 Å². The summed E-state index contributed by atoms with van der Waals surface area (Å²) in [4.78, 5) is 11.6. The molecule has 0 unspecified atom stereocenters. The summed E-state index contributed by atoms with van der Waals surface area (Å²) in [7, 11) is 1.32. The van der Waals surface area contributed by atoms with Crippen LogP contribution in [0.2, 0.25) is 0 Å². The van der Waals surface area contributed by atoms with Gasteiger partial charge in [0.1, 0.15) is 5.60 Å². The van der Waals surface area contributed by atoms with Crippen molar-refractivity contribution in [2.24, 2.45) is 0 Å².